The number of methoxy groups -OCH3 is 1. The van der Waals surface area contributed by atoms with E-state index in [0.717, 1.165) is 44.8 Å². The van der Waals surface area contributed by atoms with E-state index in [1.54, 1.807) is 12.7 Å². The van der Waals surface area contributed by atoms with Gasteiger partial charge in [0.1, 0.15) is 5.75 Å². The fourth-order valence-corrected chi connectivity index (χ4v) is 10.7. The maximum Gasteiger partial charge on any atom is 0.317 e. The van der Waals surface area contributed by atoms with Crippen LogP contribution in [-0.2, 0) is 16.3 Å². The van der Waals surface area contributed by atoms with Crippen LogP contribution in [0.15, 0.2) is 18.2 Å². The molecule has 3 aliphatic carbocycles. The summed E-state index contributed by atoms with van der Waals surface area (Å²) in [5, 5.41) is 3.45. The summed E-state index contributed by atoms with van der Waals surface area (Å²) >= 11 is 0. The van der Waals surface area contributed by atoms with E-state index in [1.165, 1.54) is 24.8 Å². The lowest BCUT2D eigenvalue weighted by molar-refractivity contribution is -0.102. The molecule has 4 fully saturated rings. The van der Waals surface area contributed by atoms with E-state index in [9.17, 15) is 4.79 Å². The number of nitrogens with one attached hydrogen (secondary N) is 1. The molecule has 6 nitrogen and oxygen atoms in total. The predicted octanol–water partition coefficient (Wildman–Crippen LogP) is 5.80. The van der Waals surface area contributed by atoms with Gasteiger partial charge in [-0.05, 0) is 111 Å². The van der Waals surface area contributed by atoms with Crippen molar-refractivity contribution in [2.24, 2.45) is 17.3 Å². The van der Waals surface area contributed by atoms with Gasteiger partial charge in [0.05, 0.1) is 7.11 Å². The number of carbonyl (C=O) groups excluding carboxylic acids is 1. The van der Waals surface area contributed by atoms with Crippen molar-refractivity contribution in [3.8, 4) is 5.75 Å². The summed E-state index contributed by atoms with van der Waals surface area (Å²) in [6.07, 6.45) is 5.92. The van der Waals surface area contributed by atoms with Crippen LogP contribution in [0.4, 0.5) is 4.79 Å². The summed E-state index contributed by atoms with van der Waals surface area (Å²) in [4.78, 5) is 18.4. The van der Waals surface area contributed by atoms with Gasteiger partial charge in [-0.15, -0.1) is 0 Å². The molecule has 2 heterocycles. The Labute approximate surface area is 237 Å². The van der Waals surface area contributed by atoms with Crippen molar-refractivity contribution >= 4 is 14.3 Å². The molecule has 1 aromatic rings. The summed E-state index contributed by atoms with van der Waals surface area (Å²) in [6, 6.07) is 8.11. The van der Waals surface area contributed by atoms with Crippen molar-refractivity contribution in [3.63, 3.8) is 0 Å². The zero-order chi connectivity index (χ0) is 28.0. The molecule has 2 saturated heterocycles. The van der Waals surface area contributed by atoms with Gasteiger partial charge in [-0.1, -0.05) is 26.8 Å². The van der Waals surface area contributed by atoms with Gasteiger partial charge >= 0.3 is 6.03 Å². The van der Waals surface area contributed by atoms with Gasteiger partial charge in [-0.2, -0.15) is 0 Å². The van der Waals surface area contributed by atoms with Crippen LogP contribution in [0.5, 0.6) is 5.75 Å². The average molecular weight is 554 g/mol. The van der Waals surface area contributed by atoms with Crippen molar-refractivity contribution in [1.29, 1.82) is 0 Å². The highest BCUT2D eigenvalue weighted by atomic mass is 28.4. The molecule has 6 atom stereocenters. The van der Waals surface area contributed by atoms with Crippen LogP contribution in [0, 0.1) is 17.3 Å². The highest BCUT2D eigenvalue weighted by Crippen LogP contribution is 2.75. The predicted molar refractivity (Wildman–Crippen MR) is 159 cm³/mol. The molecule has 2 unspecified atom stereocenters. The lowest BCUT2D eigenvalue weighted by Crippen LogP contribution is -2.70. The SMILES string of the molecule is COc1ccc2c(c1)[C@]13CCN(CCO[Si](C)(C)C(C)(C)C)[C@H](C2)[C@]12CCC1C3[C@@H](CN1C(=O)NC(C)C)C2. The lowest BCUT2D eigenvalue weighted by Gasteiger charge is -2.66. The van der Waals surface area contributed by atoms with E-state index < -0.39 is 8.32 Å². The number of nitrogens with zero attached hydrogens (tertiary/aromatic N) is 2. The summed E-state index contributed by atoms with van der Waals surface area (Å²) in [7, 11) is 0.0253. The Morgan fingerprint density at radius 3 is 2.69 bits per heavy atom. The summed E-state index contributed by atoms with van der Waals surface area (Å²) < 4.78 is 12.5. The van der Waals surface area contributed by atoms with Crippen LogP contribution in [0.2, 0.25) is 18.1 Å². The van der Waals surface area contributed by atoms with E-state index in [4.69, 9.17) is 9.16 Å². The highest BCUT2D eigenvalue weighted by molar-refractivity contribution is 6.74. The second kappa shape index (κ2) is 9.22. The van der Waals surface area contributed by atoms with Crippen LogP contribution in [-0.4, -0.2) is 75.6 Å². The van der Waals surface area contributed by atoms with Gasteiger partial charge in [0, 0.05) is 43.2 Å². The number of carbonyl (C=O) groups is 1. The quantitative estimate of drug-likeness (QED) is 0.452. The highest BCUT2D eigenvalue weighted by Gasteiger charge is 2.76. The van der Waals surface area contributed by atoms with E-state index in [0.29, 0.717) is 23.9 Å². The molecule has 2 aliphatic heterocycles. The normalized spacial score (nSPS) is 35.2. The van der Waals surface area contributed by atoms with Crippen molar-refractivity contribution in [2.75, 3.05) is 33.4 Å². The molecule has 4 bridgehead atoms. The Balaban J connectivity index is 1.35. The minimum absolute atomic E-state index is 0.136. The first-order valence-corrected chi connectivity index (χ1v) is 18.4. The standard InChI is InChI=1S/C32H51N3O3Si/c1-21(2)33-29(36)35-20-23-19-31-12-11-26(35)28(23)32(31)13-14-34(15-16-38-39(7,8)30(3,4)5)27(31)17-22-9-10-24(37-6)18-25(22)32/h9-10,18,21,23,26-28H,11-17,19-20H2,1-8H3,(H,33,36)/t23-,26?,27-,28?,31-,32+/m1/s1. The Morgan fingerprint density at radius 1 is 1.23 bits per heavy atom. The van der Waals surface area contributed by atoms with E-state index in [1.807, 2.05) is 0 Å². The number of rotatable bonds is 6. The summed E-state index contributed by atoms with van der Waals surface area (Å²) in [6.45, 7) is 19.8. The molecule has 1 N–H and O–H groups in total. The van der Waals surface area contributed by atoms with Crippen LogP contribution >= 0.6 is 0 Å². The molecule has 7 heteroatoms. The molecule has 1 aromatic carbocycles. The maximum absolute atomic E-state index is 13.3. The molecule has 5 aliphatic rings. The van der Waals surface area contributed by atoms with Crippen molar-refractivity contribution < 1.29 is 14.0 Å². The number of likely N-dealkylation sites (tertiary alicyclic amines) is 2. The minimum Gasteiger partial charge on any atom is -0.497 e. The zero-order valence-electron chi connectivity index (χ0n) is 25.6. The molecule has 0 spiro atoms. The maximum atomic E-state index is 13.3. The molecule has 0 radical (unpaired) electrons. The smallest absolute Gasteiger partial charge is 0.317 e. The van der Waals surface area contributed by atoms with E-state index in [2.05, 4.69) is 81.0 Å². The van der Waals surface area contributed by atoms with Crippen LogP contribution in [0.25, 0.3) is 0 Å². The van der Waals surface area contributed by atoms with E-state index >= 15 is 0 Å². The number of amides is 2. The minimum atomic E-state index is -1.77. The first-order chi connectivity index (χ1) is 18.3. The summed E-state index contributed by atoms with van der Waals surface area (Å²) in [5.41, 5.74) is 3.49. The number of ether oxygens (including phenoxy) is 1. The van der Waals surface area contributed by atoms with Crippen molar-refractivity contribution in [2.45, 2.75) is 108 Å². The number of fused-ring (bicyclic) bond motifs is 1. The van der Waals surface area contributed by atoms with Crippen molar-refractivity contribution in [3.05, 3.63) is 29.3 Å². The van der Waals surface area contributed by atoms with Gasteiger partial charge < -0.3 is 19.4 Å². The van der Waals surface area contributed by atoms with Gasteiger partial charge in [0.2, 0.25) is 0 Å². The topological polar surface area (TPSA) is 54.0 Å². The van der Waals surface area contributed by atoms with E-state index in [-0.39, 0.29) is 27.9 Å². The molecule has 0 aromatic heterocycles. The second-order valence-electron chi connectivity index (χ2n) is 15.1. The van der Waals surface area contributed by atoms with Crippen LogP contribution in [0.3, 0.4) is 0 Å². The number of hydrogen-bond acceptors (Lipinski definition) is 4. The molecule has 2 saturated carbocycles. The molecular weight excluding hydrogens is 502 g/mol. The summed E-state index contributed by atoms with van der Waals surface area (Å²) in [5.74, 6) is 2.11. The van der Waals surface area contributed by atoms with Gasteiger partial charge in [0.15, 0.2) is 8.32 Å². The van der Waals surface area contributed by atoms with Crippen LogP contribution < -0.4 is 10.1 Å². The largest absolute Gasteiger partial charge is 0.497 e. The number of urea groups is 1. The Bertz CT molecular complexity index is 1130. The Morgan fingerprint density at radius 2 is 2.00 bits per heavy atom. The fourth-order valence-electron chi connectivity index (χ4n) is 9.68. The first-order valence-electron chi connectivity index (χ1n) is 15.5. The van der Waals surface area contributed by atoms with Gasteiger partial charge in [0.25, 0.3) is 0 Å². The molecular formula is C32H51N3O3Si. The lowest BCUT2D eigenvalue weighted by atomic mass is 9.43. The first kappa shape index (κ1) is 27.6. The van der Waals surface area contributed by atoms with Crippen LogP contribution in [0.1, 0.15) is 71.4 Å². The number of benzene rings is 1. The monoisotopic (exact) mass is 553 g/mol. The Hall–Kier alpha value is -1.57. The fraction of sp³-hybridized carbons (Fsp3) is 0.781. The third kappa shape index (κ3) is 3.88. The van der Waals surface area contributed by atoms with Crippen molar-refractivity contribution in [1.82, 2.24) is 15.1 Å². The molecule has 6 rings (SSSR count). The molecule has 216 valence electrons. The second-order valence-corrected chi connectivity index (χ2v) is 19.9. The van der Waals surface area contributed by atoms with Gasteiger partial charge in [-0.25, -0.2) is 4.79 Å². The average Bonchev–Trinajstić information content (AvgIpc) is 3.30. The number of piperidine rings is 1. The number of hydrogen-bond donors (Lipinski definition) is 1. The zero-order valence-corrected chi connectivity index (χ0v) is 26.6. The molecule has 39 heavy (non-hydrogen) atoms. The molecule has 2 amide bonds. The third-order valence-electron chi connectivity index (χ3n) is 12.1. The van der Waals surface area contributed by atoms with Gasteiger partial charge in [-0.3, -0.25) is 4.90 Å². The third-order valence-corrected chi connectivity index (χ3v) is 16.7. The Kier molecular flexibility index (Phi) is 6.52.